The molecule has 7 nitrogen and oxygen atoms in total. The molecule has 122 valence electrons. The third-order valence-electron chi connectivity index (χ3n) is 3.57. The van der Waals surface area contributed by atoms with Crippen LogP contribution in [0.4, 0.5) is 0 Å². The van der Waals surface area contributed by atoms with Gasteiger partial charge in [0.05, 0.1) is 9.79 Å². The summed E-state index contributed by atoms with van der Waals surface area (Å²) in [5.74, 6) is 0. The standard InChI is InChI=1S/C14H14N2O5S2/c1-15-22(17,18)9-3-5-13-11(7-9)12-8-10(23(19,20)16-2)4-6-14(12)21-13/h3-8,15-16H,1-2H3. The predicted molar refractivity (Wildman–Crippen MR) is 86.2 cm³/mol. The fourth-order valence-electron chi connectivity index (χ4n) is 2.31. The Bertz CT molecular complexity index is 1030. The van der Waals surface area contributed by atoms with Crippen molar-refractivity contribution in [3.05, 3.63) is 36.4 Å². The predicted octanol–water partition coefficient (Wildman–Crippen LogP) is 1.40. The highest BCUT2D eigenvalue weighted by Gasteiger charge is 2.17. The lowest BCUT2D eigenvalue weighted by Crippen LogP contribution is -2.18. The normalized spacial score (nSPS) is 13.0. The van der Waals surface area contributed by atoms with Crippen LogP contribution in [0.1, 0.15) is 0 Å². The third kappa shape index (κ3) is 2.61. The summed E-state index contributed by atoms with van der Waals surface area (Å²) in [6.07, 6.45) is 0. The minimum absolute atomic E-state index is 0.0806. The molecule has 0 atom stereocenters. The molecule has 0 aliphatic heterocycles. The Kier molecular flexibility index (Phi) is 3.68. The van der Waals surface area contributed by atoms with Gasteiger partial charge in [-0.3, -0.25) is 0 Å². The summed E-state index contributed by atoms with van der Waals surface area (Å²) in [4.78, 5) is 0.161. The number of rotatable bonds is 4. The van der Waals surface area contributed by atoms with E-state index in [2.05, 4.69) is 9.44 Å². The quantitative estimate of drug-likeness (QED) is 0.737. The van der Waals surface area contributed by atoms with Crippen LogP contribution < -0.4 is 9.44 Å². The highest BCUT2D eigenvalue weighted by molar-refractivity contribution is 7.89. The lowest BCUT2D eigenvalue weighted by atomic mass is 10.1. The van der Waals surface area contributed by atoms with E-state index in [1.54, 1.807) is 12.1 Å². The second-order valence-electron chi connectivity index (χ2n) is 4.83. The number of fused-ring (bicyclic) bond motifs is 3. The van der Waals surface area contributed by atoms with Gasteiger partial charge in [-0.25, -0.2) is 26.3 Å². The summed E-state index contributed by atoms with van der Waals surface area (Å²) < 4.78 is 57.8. The highest BCUT2D eigenvalue weighted by Crippen LogP contribution is 2.32. The maximum Gasteiger partial charge on any atom is 0.240 e. The lowest BCUT2D eigenvalue weighted by molar-refractivity contribution is 0.586. The Hall–Kier alpha value is -1.94. The van der Waals surface area contributed by atoms with Gasteiger partial charge in [-0.1, -0.05) is 0 Å². The van der Waals surface area contributed by atoms with Crippen molar-refractivity contribution in [3.63, 3.8) is 0 Å². The Morgan fingerprint density at radius 3 is 1.48 bits per heavy atom. The third-order valence-corrected chi connectivity index (χ3v) is 6.39. The lowest BCUT2D eigenvalue weighted by Gasteiger charge is -2.03. The van der Waals surface area contributed by atoms with Crippen LogP contribution in [0.15, 0.2) is 50.6 Å². The van der Waals surface area contributed by atoms with Crippen LogP contribution in [0.25, 0.3) is 21.9 Å². The van der Waals surface area contributed by atoms with Gasteiger partial charge < -0.3 is 4.42 Å². The number of nitrogens with one attached hydrogen (secondary N) is 2. The van der Waals surface area contributed by atoms with E-state index < -0.39 is 20.0 Å². The topological polar surface area (TPSA) is 105 Å². The van der Waals surface area contributed by atoms with E-state index in [4.69, 9.17) is 4.42 Å². The van der Waals surface area contributed by atoms with Gasteiger partial charge in [0.1, 0.15) is 11.2 Å². The van der Waals surface area contributed by atoms with E-state index in [9.17, 15) is 16.8 Å². The van der Waals surface area contributed by atoms with Crippen molar-refractivity contribution in [3.8, 4) is 0 Å². The molecule has 0 saturated carbocycles. The first-order valence-electron chi connectivity index (χ1n) is 6.62. The van der Waals surface area contributed by atoms with Crippen molar-refractivity contribution in [2.75, 3.05) is 14.1 Å². The fourth-order valence-corrected chi connectivity index (χ4v) is 3.82. The fraction of sp³-hybridized carbons (Fsp3) is 0.143. The number of hydrogen-bond acceptors (Lipinski definition) is 5. The number of hydrogen-bond donors (Lipinski definition) is 2. The summed E-state index contributed by atoms with van der Waals surface area (Å²) in [7, 11) is -4.56. The number of furan rings is 1. The van der Waals surface area contributed by atoms with Crippen molar-refractivity contribution in [2.24, 2.45) is 0 Å². The van der Waals surface area contributed by atoms with Gasteiger partial charge in [-0.15, -0.1) is 0 Å². The molecule has 0 saturated heterocycles. The monoisotopic (exact) mass is 354 g/mol. The Morgan fingerprint density at radius 2 is 1.13 bits per heavy atom. The molecule has 1 aromatic heterocycles. The smallest absolute Gasteiger partial charge is 0.240 e. The zero-order valence-corrected chi connectivity index (χ0v) is 14.0. The average molecular weight is 354 g/mol. The molecule has 0 fully saturated rings. The van der Waals surface area contributed by atoms with Gasteiger partial charge in [0, 0.05) is 10.8 Å². The van der Waals surface area contributed by atoms with Crippen molar-refractivity contribution in [2.45, 2.75) is 9.79 Å². The molecular weight excluding hydrogens is 340 g/mol. The van der Waals surface area contributed by atoms with Gasteiger partial charge in [0.2, 0.25) is 20.0 Å². The molecule has 3 rings (SSSR count). The Morgan fingerprint density at radius 1 is 0.739 bits per heavy atom. The van der Waals surface area contributed by atoms with Crippen LogP contribution in [0.3, 0.4) is 0 Å². The Balaban J connectivity index is 2.34. The molecule has 23 heavy (non-hydrogen) atoms. The number of sulfonamides is 2. The van der Waals surface area contributed by atoms with E-state index in [1.165, 1.54) is 38.4 Å². The molecule has 3 aromatic rings. The van der Waals surface area contributed by atoms with Crippen molar-refractivity contribution in [1.82, 2.24) is 9.44 Å². The maximum atomic E-state index is 11.9. The van der Waals surface area contributed by atoms with Crippen molar-refractivity contribution in [1.29, 1.82) is 0 Å². The van der Waals surface area contributed by atoms with E-state index in [-0.39, 0.29) is 9.79 Å². The molecule has 2 N–H and O–H groups in total. The Labute approximate surface area is 133 Å². The minimum Gasteiger partial charge on any atom is -0.456 e. The summed E-state index contributed by atoms with van der Waals surface area (Å²) in [6.45, 7) is 0. The largest absolute Gasteiger partial charge is 0.456 e. The molecule has 0 bridgehead atoms. The van der Waals surface area contributed by atoms with Crippen LogP contribution >= 0.6 is 0 Å². The summed E-state index contributed by atoms with van der Waals surface area (Å²) >= 11 is 0. The molecule has 1 heterocycles. The molecule has 0 amide bonds. The SMILES string of the molecule is CNS(=O)(=O)c1ccc2oc3ccc(S(=O)(=O)NC)cc3c2c1. The van der Waals surface area contributed by atoms with Gasteiger partial charge in [-0.2, -0.15) is 0 Å². The van der Waals surface area contributed by atoms with Gasteiger partial charge >= 0.3 is 0 Å². The zero-order valence-electron chi connectivity index (χ0n) is 12.3. The van der Waals surface area contributed by atoms with Crippen LogP contribution in [-0.2, 0) is 20.0 Å². The van der Waals surface area contributed by atoms with E-state index in [0.29, 0.717) is 21.9 Å². The molecule has 0 aliphatic carbocycles. The highest BCUT2D eigenvalue weighted by atomic mass is 32.2. The molecule has 0 radical (unpaired) electrons. The molecule has 2 aromatic carbocycles. The van der Waals surface area contributed by atoms with Crippen LogP contribution in [0.2, 0.25) is 0 Å². The number of benzene rings is 2. The second-order valence-corrected chi connectivity index (χ2v) is 8.61. The van der Waals surface area contributed by atoms with E-state index in [1.807, 2.05) is 0 Å². The first-order chi connectivity index (χ1) is 10.8. The van der Waals surface area contributed by atoms with Crippen molar-refractivity contribution < 1.29 is 21.3 Å². The van der Waals surface area contributed by atoms with Gasteiger partial charge in [0.15, 0.2) is 0 Å². The summed E-state index contributed by atoms with van der Waals surface area (Å²) in [6, 6.07) is 8.88. The first-order valence-corrected chi connectivity index (χ1v) is 9.58. The molecule has 9 heteroatoms. The average Bonchev–Trinajstić information content (AvgIpc) is 2.91. The van der Waals surface area contributed by atoms with Gasteiger partial charge in [0.25, 0.3) is 0 Å². The summed E-state index contributed by atoms with van der Waals surface area (Å²) in [5.41, 5.74) is 0.961. The van der Waals surface area contributed by atoms with E-state index in [0.717, 1.165) is 0 Å². The maximum absolute atomic E-state index is 11.9. The minimum atomic E-state index is -3.60. The van der Waals surface area contributed by atoms with Gasteiger partial charge in [-0.05, 0) is 50.5 Å². The molecule has 0 aliphatic rings. The van der Waals surface area contributed by atoms with Crippen LogP contribution in [0.5, 0.6) is 0 Å². The molecule has 0 spiro atoms. The van der Waals surface area contributed by atoms with Crippen LogP contribution in [-0.4, -0.2) is 30.9 Å². The van der Waals surface area contributed by atoms with Crippen molar-refractivity contribution >= 4 is 42.0 Å². The second kappa shape index (κ2) is 5.31. The molecule has 0 unspecified atom stereocenters. The van der Waals surface area contributed by atoms with E-state index >= 15 is 0 Å². The first kappa shape index (κ1) is 15.9. The zero-order chi connectivity index (χ0) is 16.8. The molecular formula is C14H14N2O5S2. The van der Waals surface area contributed by atoms with Crippen LogP contribution in [0, 0.1) is 0 Å². The summed E-state index contributed by atoms with van der Waals surface area (Å²) in [5, 5.41) is 1.06.